The third-order valence-corrected chi connectivity index (χ3v) is 11.3. The van der Waals surface area contributed by atoms with Crippen LogP contribution < -0.4 is 0 Å². The standard InChI is InChI=1S/C55H35N3/c1-2-16-36(17-3-1)51-34-52(45-26-9-6-23-42(45)40-21-15-31-56-35-40)58-55(57-51)39-20-14-19-38(32-39)53-46-27-10-12-29-48(46)54(49-30-13-11-28-47(49)53)50-33-37-18-4-5-22-41(37)43-24-7-8-25-44(43)50/h1-35H. The number of hydrogen-bond acceptors (Lipinski definition) is 3. The maximum Gasteiger partial charge on any atom is 0.160 e. The second-order valence-corrected chi connectivity index (χ2v) is 14.7. The lowest BCUT2D eigenvalue weighted by Gasteiger charge is -2.20. The molecular formula is C55H35N3. The first-order valence-electron chi connectivity index (χ1n) is 19.7. The number of nitrogens with zero attached hydrogens (tertiary/aromatic N) is 3. The lowest BCUT2D eigenvalue weighted by Crippen LogP contribution is -1.97. The fourth-order valence-electron chi connectivity index (χ4n) is 8.76. The Morgan fingerprint density at radius 2 is 0.845 bits per heavy atom. The zero-order chi connectivity index (χ0) is 38.4. The van der Waals surface area contributed by atoms with Gasteiger partial charge >= 0.3 is 0 Å². The van der Waals surface area contributed by atoms with E-state index in [9.17, 15) is 0 Å². The van der Waals surface area contributed by atoms with Crippen molar-refractivity contribution in [3.63, 3.8) is 0 Å². The second kappa shape index (κ2) is 14.1. The fraction of sp³-hybridized carbons (Fsp3) is 0. The van der Waals surface area contributed by atoms with Crippen molar-refractivity contribution >= 4 is 43.1 Å². The summed E-state index contributed by atoms with van der Waals surface area (Å²) in [4.78, 5) is 15.0. The molecular weight excluding hydrogens is 703 g/mol. The molecule has 9 aromatic carbocycles. The van der Waals surface area contributed by atoms with Crippen LogP contribution in [0.5, 0.6) is 0 Å². The van der Waals surface area contributed by atoms with Crippen molar-refractivity contribution in [2.24, 2.45) is 0 Å². The highest BCUT2D eigenvalue weighted by molar-refractivity contribution is 6.25. The lowest BCUT2D eigenvalue weighted by molar-refractivity contribution is 1.18. The summed E-state index contributed by atoms with van der Waals surface area (Å²) in [6, 6.07) is 71.4. The van der Waals surface area contributed by atoms with E-state index in [0.29, 0.717) is 5.82 Å². The summed E-state index contributed by atoms with van der Waals surface area (Å²) in [7, 11) is 0. The Kier molecular flexibility index (Phi) is 8.15. The minimum absolute atomic E-state index is 0.673. The van der Waals surface area contributed by atoms with E-state index in [1.165, 1.54) is 59.8 Å². The Hall–Kier alpha value is -7.75. The normalized spacial score (nSPS) is 11.4. The Labute approximate surface area is 336 Å². The van der Waals surface area contributed by atoms with Crippen LogP contribution in [0, 0.1) is 0 Å². The Bertz CT molecular complexity index is 3280. The molecule has 0 aliphatic rings. The predicted molar refractivity (Wildman–Crippen MR) is 242 cm³/mol. The fourth-order valence-corrected chi connectivity index (χ4v) is 8.76. The van der Waals surface area contributed by atoms with Crippen molar-refractivity contribution in [1.29, 1.82) is 0 Å². The van der Waals surface area contributed by atoms with Gasteiger partial charge in [-0.15, -0.1) is 0 Å². The molecule has 0 aliphatic heterocycles. The maximum absolute atomic E-state index is 5.32. The molecule has 58 heavy (non-hydrogen) atoms. The molecule has 3 nitrogen and oxygen atoms in total. The number of rotatable bonds is 6. The molecule has 0 radical (unpaired) electrons. The van der Waals surface area contributed by atoms with Crippen LogP contribution in [0.3, 0.4) is 0 Å². The monoisotopic (exact) mass is 737 g/mol. The number of pyridine rings is 1. The SMILES string of the molecule is c1ccc(-c2cc(-c3ccccc3-c3cccnc3)nc(-c3cccc(-c4c5ccccc5c(-c5cc6ccccc6c6ccccc56)c5ccccc45)c3)n2)cc1. The molecule has 0 saturated carbocycles. The Morgan fingerprint density at radius 3 is 1.57 bits per heavy atom. The molecule has 0 aliphatic carbocycles. The molecule has 0 atom stereocenters. The first-order valence-corrected chi connectivity index (χ1v) is 19.7. The van der Waals surface area contributed by atoms with Crippen LogP contribution in [-0.4, -0.2) is 15.0 Å². The van der Waals surface area contributed by atoms with Gasteiger partial charge in [0.1, 0.15) is 0 Å². The van der Waals surface area contributed by atoms with E-state index in [1.807, 2.05) is 18.3 Å². The van der Waals surface area contributed by atoms with Crippen molar-refractivity contribution in [3.8, 4) is 67.3 Å². The third kappa shape index (κ3) is 5.72. The smallest absolute Gasteiger partial charge is 0.160 e. The zero-order valence-corrected chi connectivity index (χ0v) is 31.5. The van der Waals surface area contributed by atoms with Gasteiger partial charge < -0.3 is 0 Å². The van der Waals surface area contributed by atoms with Gasteiger partial charge in [0.25, 0.3) is 0 Å². The van der Waals surface area contributed by atoms with Crippen molar-refractivity contribution in [1.82, 2.24) is 15.0 Å². The van der Waals surface area contributed by atoms with E-state index in [4.69, 9.17) is 9.97 Å². The quantitative estimate of drug-likeness (QED) is 0.126. The molecule has 2 heterocycles. The van der Waals surface area contributed by atoms with Crippen LogP contribution in [0.2, 0.25) is 0 Å². The van der Waals surface area contributed by atoms with Gasteiger partial charge in [0, 0.05) is 34.6 Å². The average molecular weight is 738 g/mol. The van der Waals surface area contributed by atoms with Gasteiger partial charge in [0.15, 0.2) is 5.82 Å². The number of benzene rings is 9. The van der Waals surface area contributed by atoms with E-state index >= 15 is 0 Å². The van der Waals surface area contributed by atoms with Gasteiger partial charge in [-0.05, 0) is 95.2 Å². The van der Waals surface area contributed by atoms with Gasteiger partial charge in [-0.3, -0.25) is 4.98 Å². The van der Waals surface area contributed by atoms with Gasteiger partial charge in [0.2, 0.25) is 0 Å². The van der Waals surface area contributed by atoms with Crippen LogP contribution in [0.4, 0.5) is 0 Å². The molecule has 0 fully saturated rings. The maximum atomic E-state index is 5.32. The zero-order valence-electron chi connectivity index (χ0n) is 31.5. The van der Waals surface area contributed by atoms with Crippen molar-refractivity contribution in [2.45, 2.75) is 0 Å². The minimum Gasteiger partial charge on any atom is -0.264 e. The number of hydrogen-bond donors (Lipinski definition) is 0. The summed E-state index contributed by atoms with van der Waals surface area (Å²) < 4.78 is 0. The van der Waals surface area contributed by atoms with E-state index < -0.39 is 0 Å². The third-order valence-electron chi connectivity index (χ3n) is 11.3. The molecule has 11 aromatic rings. The van der Waals surface area contributed by atoms with E-state index in [2.05, 4.69) is 193 Å². The summed E-state index contributed by atoms with van der Waals surface area (Å²) in [6.07, 6.45) is 3.71. The summed E-state index contributed by atoms with van der Waals surface area (Å²) in [5, 5.41) is 9.87. The van der Waals surface area contributed by atoms with E-state index in [-0.39, 0.29) is 0 Å². The van der Waals surface area contributed by atoms with Gasteiger partial charge in [-0.2, -0.15) is 0 Å². The van der Waals surface area contributed by atoms with Gasteiger partial charge in [-0.1, -0.05) is 176 Å². The molecule has 270 valence electrons. The largest absolute Gasteiger partial charge is 0.264 e. The van der Waals surface area contributed by atoms with E-state index in [1.54, 1.807) is 6.20 Å². The highest BCUT2D eigenvalue weighted by atomic mass is 14.9. The van der Waals surface area contributed by atoms with E-state index in [0.717, 1.165) is 44.8 Å². The molecule has 11 rings (SSSR count). The highest BCUT2D eigenvalue weighted by Gasteiger charge is 2.20. The summed E-state index contributed by atoms with van der Waals surface area (Å²) in [5.41, 5.74) is 11.7. The van der Waals surface area contributed by atoms with Gasteiger partial charge in [0.05, 0.1) is 11.4 Å². The Morgan fingerprint density at radius 1 is 0.293 bits per heavy atom. The molecule has 2 aromatic heterocycles. The molecule has 0 N–H and O–H groups in total. The van der Waals surface area contributed by atoms with Crippen molar-refractivity contribution in [2.75, 3.05) is 0 Å². The van der Waals surface area contributed by atoms with Crippen LogP contribution in [0.25, 0.3) is 110 Å². The number of aromatic nitrogens is 3. The molecule has 0 saturated heterocycles. The lowest BCUT2D eigenvalue weighted by atomic mass is 9.83. The van der Waals surface area contributed by atoms with Crippen LogP contribution >= 0.6 is 0 Å². The average Bonchev–Trinajstić information content (AvgIpc) is 3.31. The van der Waals surface area contributed by atoms with Gasteiger partial charge in [-0.25, -0.2) is 9.97 Å². The van der Waals surface area contributed by atoms with Crippen LogP contribution in [0.1, 0.15) is 0 Å². The molecule has 0 spiro atoms. The molecule has 3 heteroatoms. The van der Waals surface area contributed by atoms with Crippen molar-refractivity contribution in [3.05, 3.63) is 213 Å². The van der Waals surface area contributed by atoms with Crippen LogP contribution in [0.15, 0.2) is 213 Å². The minimum atomic E-state index is 0.673. The molecule has 0 bridgehead atoms. The molecule has 0 amide bonds. The number of fused-ring (bicyclic) bond motifs is 5. The van der Waals surface area contributed by atoms with Crippen molar-refractivity contribution < 1.29 is 0 Å². The summed E-state index contributed by atoms with van der Waals surface area (Å²) >= 11 is 0. The highest BCUT2D eigenvalue weighted by Crippen LogP contribution is 2.47. The van der Waals surface area contributed by atoms with Crippen LogP contribution in [-0.2, 0) is 0 Å². The predicted octanol–water partition coefficient (Wildman–Crippen LogP) is 14.5. The summed E-state index contributed by atoms with van der Waals surface area (Å²) in [5.74, 6) is 0.673. The summed E-state index contributed by atoms with van der Waals surface area (Å²) in [6.45, 7) is 0. The second-order valence-electron chi connectivity index (χ2n) is 14.7. The topological polar surface area (TPSA) is 38.7 Å². The molecule has 0 unspecified atom stereocenters. The Balaban J connectivity index is 1.14. The first kappa shape index (κ1) is 33.6. The first-order chi connectivity index (χ1) is 28.8.